The highest BCUT2D eigenvalue weighted by atomic mass is 16.6. The molecular formula is C57H98O6. The van der Waals surface area contributed by atoms with Crippen molar-refractivity contribution < 1.29 is 28.6 Å². The molecule has 0 aliphatic rings. The third-order valence-electron chi connectivity index (χ3n) is 11.2. The van der Waals surface area contributed by atoms with Crippen LogP contribution in [0.2, 0.25) is 0 Å². The molecule has 6 nitrogen and oxygen atoms in total. The second-order valence-electron chi connectivity index (χ2n) is 17.4. The Labute approximate surface area is 389 Å². The van der Waals surface area contributed by atoms with Crippen molar-refractivity contribution in [2.75, 3.05) is 13.2 Å². The number of unbranched alkanes of at least 4 members (excludes halogenated alkanes) is 24. The summed E-state index contributed by atoms with van der Waals surface area (Å²) in [5.74, 6) is -0.967. The Morgan fingerprint density at radius 3 is 1.00 bits per heavy atom. The van der Waals surface area contributed by atoms with Crippen LogP contribution in [0, 0.1) is 0 Å². The van der Waals surface area contributed by atoms with Crippen LogP contribution in [0.25, 0.3) is 0 Å². The Kier molecular flexibility index (Phi) is 48.9. The van der Waals surface area contributed by atoms with E-state index in [0.29, 0.717) is 19.3 Å². The van der Waals surface area contributed by atoms with Gasteiger partial charge in [0.1, 0.15) is 13.2 Å². The second kappa shape index (κ2) is 51.5. The molecule has 0 amide bonds. The molecule has 0 saturated heterocycles. The minimum atomic E-state index is -0.802. The number of allylic oxidation sites excluding steroid dienone is 12. The normalized spacial score (nSPS) is 12.6. The van der Waals surface area contributed by atoms with Crippen LogP contribution in [-0.2, 0) is 28.6 Å². The molecule has 0 aromatic heterocycles. The molecule has 0 unspecified atom stereocenters. The SMILES string of the molecule is CCCCC/C=C\C/C=C\C/C=C\C/C=C\CCCC(=O)OC[C@H](COC(=O)CCCCCCCCC/C=C\CCCCCC)OC(=O)CCCCCCC/C=C\CCCCCC. The zero-order valence-electron chi connectivity index (χ0n) is 41.3. The first-order chi connectivity index (χ1) is 31.0. The van der Waals surface area contributed by atoms with Gasteiger partial charge in [-0.2, -0.15) is 0 Å². The summed E-state index contributed by atoms with van der Waals surface area (Å²) in [6.45, 7) is 6.53. The standard InChI is InChI=1S/C57H98O6/c1-4-7-10-13-16-19-22-25-27-28-30-33-35-38-41-44-47-50-56(59)62-53-54(63-57(60)51-48-45-42-39-36-31-24-21-18-15-12-9-6-3)52-61-55(58)49-46-43-40-37-34-32-29-26-23-20-17-14-11-8-5-2/h16,19-21,23-25,27,30,33,38,41,54H,4-15,17-18,22,26,28-29,31-32,34-37,39-40,42-53H2,1-3H3/b19-16-,23-20-,24-21-,27-25-,33-30-,41-38-/t54-/m0/s1. The number of hydrogen-bond donors (Lipinski definition) is 0. The number of rotatable bonds is 47. The van der Waals surface area contributed by atoms with Gasteiger partial charge in [0, 0.05) is 19.3 Å². The second-order valence-corrected chi connectivity index (χ2v) is 17.4. The molecule has 0 radical (unpaired) electrons. The molecule has 1 atom stereocenters. The number of ether oxygens (including phenoxy) is 3. The molecule has 0 spiro atoms. The van der Waals surface area contributed by atoms with Gasteiger partial charge in [0.2, 0.25) is 0 Å². The van der Waals surface area contributed by atoms with Gasteiger partial charge in [-0.05, 0) is 109 Å². The highest BCUT2D eigenvalue weighted by Gasteiger charge is 2.19. The predicted octanol–water partition coefficient (Wildman–Crippen LogP) is 17.4. The van der Waals surface area contributed by atoms with E-state index in [-0.39, 0.29) is 37.5 Å². The predicted molar refractivity (Wildman–Crippen MR) is 270 cm³/mol. The first-order valence-corrected chi connectivity index (χ1v) is 26.4. The highest BCUT2D eigenvalue weighted by Crippen LogP contribution is 2.14. The maximum Gasteiger partial charge on any atom is 0.306 e. The maximum atomic E-state index is 12.8. The van der Waals surface area contributed by atoms with Crippen LogP contribution in [0.4, 0.5) is 0 Å². The molecule has 362 valence electrons. The Morgan fingerprint density at radius 2 is 0.587 bits per heavy atom. The maximum absolute atomic E-state index is 12.8. The van der Waals surface area contributed by atoms with Gasteiger partial charge in [-0.1, -0.05) is 196 Å². The fraction of sp³-hybridized carbons (Fsp3) is 0.737. The lowest BCUT2D eigenvalue weighted by atomic mass is 10.1. The van der Waals surface area contributed by atoms with Crippen LogP contribution in [0.15, 0.2) is 72.9 Å². The van der Waals surface area contributed by atoms with Crippen LogP contribution in [0.3, 0.4) is 0 Å². The van der Waals surface area contributed by atoms with Crippen LogP contribution in [0.5, 0.6) is 0 Å². The van der Waals surface area contributed by atoms with Crippen LogP contribution >= 0.6 is 0 Å². The molecule has 0 N–H and O–H groups in total. The zero-order chi connectivity index (χ0) is 45.8. The molecule has 0 saturated carbocycles. The molecule has 0 rings (SSSR count). The largest absolute Gasteiger partial charge is 0.462 e. The quantitative estimate of drug-likeness (QED) is 0.0262. The van der Waals surface area contributed by atoms with Gasteiger partial charge in [-0.15, -0.1) is 0 Å². The fourth-order valence-electron chi connectivity index (χ4n) is 7.13. The van der Waals surface area contributed by atoms with Crippen LogP contribution < -0.4 is 0 Å². The van der Waals surface area contributed by atoms with E-state index in [9.17, 15) is 14.4 Å². The van der Waals surface area contributed by atoms with Gasteiger partial charge in [-0.3, -0.25) is 14.4 Å². The fourth-order valence-corrected chi connectivity index (χ4v) is 7.13. The van der Waals surface area contributed by atoms with Gasteiger partial charge in [0.05, 0.1) is 0 Å². The van der Waals surface area contributed by atoms with Crippen molar-refractivity contribution in [1.29, 1.82) is 0 Å². The molecule has 0 heterocycles. The van der Waals surface area contributed by atoms with Gasteiger partial charge < -0.3 is 14.2 Å². The molecule has 0 aromatic rings. The first kappa shape index (κ1) is 59.9. The molecular weight excluding hydrogens is 781 g/mol. The molecule has 0 aliphatic heterocycles. The van der Waals surface area contributed by atoms with E-state index in [1.165, 1.54) is 128 Å². The molecule has 63 heavy (non-hydrogen) atoms. The van der Waals surface area contributed by atoms with E-state index in [1.807, 2.05) is 0 Å². The number of esters is 3. The van der Waals surface area contributed by atoms with E-state index >= 15 is 0 Å². The number of carbonyl (C=O) groups is 3. The Morgan fingerprint density at radius 1 is 0.317 bits per heavy atom. The lowest BCUT2D eigenvalue weighted by Gasteiger charge is -2.18. The molecule has 0 bridgehead atoms. The lowest BCUT2D eigenvalue weighted by Crippen LogP contribution is -2.30. The van der Waals surface area contributed by atoms with Crippen molar-refractivity contribution in [2.45, 2.75) is 258 Å². The molecule has 0 aromatic carbocycles. The Balaban J connectivity index is 4.48. The lowest BCUT2D eigenvalue weighted by molar-refractivity contribution is -0.167. The van der Waals surface area contributed by atoms with E-state index in [1.54, 1.807) is 0 Å². The van der Waals surface area contributed by atoms with Crippen LogP contribution in [-0.4, -0.2) is 37.2 Å². The van der Waals surface area contributed by atoms with Crippen LogP contribution in [0.1, 0.15) is 252 Å². The summed E-state index contributed by atoms with van der Waals surface area (Å²) in [6.07, 6.45) is 64.6. The van der Waals surface area contributed by atoms with Crippen molar-refractivity contribution in [3.05, 3.63) is 72.9 Å². The topological polar surface area (TPSA) is 78.9 Å². The minimum Gasteiger partial charge on any atom is -0.462 e. The van der Waals surface area contributed by atoms with Gasteiger partial charge in [-0.25, -0.2) is 0 Å². The van der Waals surface area contributed by atoms with Crippen molar-refractivity contribution >= 4 is 17.9 Å². The third-order valence-corrected chi connectivity index (χ3v) is 11.2. The third kappa shape index (κ3) is 49.7. The van der Waals surface area contributed by atoms with E-state index in [4.69, 9.17) is 14.2 Å². The van der Waals surface area contributed by atoms with E-state index < -0.39 is 6.10 Å². The average Bonchev–Trinajstić information content (AvgIpc) is 3.28. The summed E-state index contributed by atoms with van der Waals surface area (Å²) in [4.78, 5) is 38.0. The van der Waals surface area contributed by atoms with Crippen molar-refractivity contribution in [3.63, 3.8) is 0 Å². The zero-order valence-corrected chi connectivity index (χ0v) is 41.3. The Bertz CT molecular complexity index is 1190. The number of carbonyl (C=O) groups excluding carboxylic acids is 3. The minimum absolute atomic E-state index is 0.0978. The molecule has 0 fully saturated rings. The summed E-state index contributed by atoms with van der Waals surface area (Å²) in [7, 11) is 0. The molecule has 0 aliphatic carbocycles. The number of hydrogen-bond acceptors (Lipinski definition) is 6. The Hall–Kier alpha value is -3.15. The average molecular weight is 879 g/mol. The summed E-state index contributed by atoms with van der Waals surface area (Å²) in [5, 5.41) is 0. The molecule has 6 heteroatoms. The summed E-state index contributed by atoms with van der Waals surface area (Å²) in [6, 6.07) is 0. The van der Waals surface area contributed by atoms with Crippen molar-refractivity contribution in [3.8, 4) is 0 Å². The van der Waals surface area contributed by atoms with Gasteiger partial charge in [0.15, 0.2) is 6.10 Å². The smallest absolute Gasteiger partial charge is 0.306 e. The van der Waals surface area contributed by atoms with Crippen molar-refractivity contribution in [1.82, 2.24) is 0 Å². The summed E-state index contributed by atoms with van der Waals surface area (Å²) in [5.41, 5.74) is 0. The first-order valence-electron chi connectivity index (χ1n) is 26.4. The monoisotopic (exact) mass is 879 g/mol. The summed E-state index contributed by atoms with van der Waals surface area (Å²) >= 11 is 0. The van der Waals surface area contributed by atoms with Gasteiger partial charge >= 0.3 is 17.9 Å². The van der Waals surface area contributed by atoms with Crippen molar-refractivity contribution in [2.24, 2.45) is 0 Å². The van der Waals surface area contributed by atoms with Gasteiger partial charge in [0.25, 0.3) is 0 Å². The van der Waals surface area contributed by atoms with E-state index in [0.717, 1.165) is 77.0 Å². The highest BCUT2D eigenvalue weighted by molar-refractivity contribution is 5.71. The summed E-state index contributed by atoms with van der Waals surface area (Å²) < 4.78 is 16.7. The van der Waals surface area contributed by atoms with E-state index in [2.05, 4.69) is 93.7 Å².